The first-order chi connectivity index (χ1) is 13.8. The summed E-state index contributed by atoms with van der Waals surface area (Å²) in [6.45, 7) is 3.70. The third kappa shape index (κ3) is 4.26. The second-order valence-corrected chi connectivity index (χ2v) is 6.36. The highest BCUT2D eigenvalue weighted by Crippen LogP contribution is 2.22. The largest absolute Gasteiger partial charge is 0.321 e. The molecule has 1 aromatic heterocycles. The Labute approximate surface area is 164 Å². The second kappa shape index (κ2) is 8.14. The standard InChI is InChI=1S/C21H16F3N3O2/c1-11-4-3-5-12(2)19(11)27-21(29)14-8-13(9-25-10-14)20(28)26-16-7-6-15(22)17(23)18(16)24/h3-10H,1-2H3,(H,26,28)(H,27,29). The van der Waals surface area contributed by atoms with Crippen molar-refractivity contribution in [3.05, 3.63) is 88.5 Å². The average Bonchev–Trinajstić information content (AvgIpc) is 2.71. The van der Waals surface area contributed by atoms with Gasteiger partial charge in [0.25, 0.3) is 11.8 Å². The Hall–Kier alpha value is -3.68. The molecule has 0 spiro atoms. The molecule has 1 heterocycles. The van der Waals surface area contributed by atoms with Crippen LogP contribution in [0.15, 0.2) is 48.8 Å². The van der Waals surface area contributed by atoms with E-state index in [-0.39, 0.29) is 11.1 Å². The van der Waals surface area contributed by atoms with Gasteiger partial charge in [-0.25, -0.2) is 13.2 Å². The number of rotatable bonds is 4. The topological polar surface area (TPSA) is 71.1 Å². The first-order valence-corrected chi connectivity index (χ1v) is 8.55. The Balaban J connectivity index is 1.81. The minimum Gasteiger partial charge on any atom is -0.321 e. The zero-order valence-electron chi connectivity index (χ0n) is 15.5. The van der Waals surface area contributed by atoms with Crippen LogP contribution in [0, 0.1) is 31.3 Å². The minimum absolute atomic E-state index is 0.0525. The SMILES string of the molecule is Cc1cccc(C)c1NC(=O)c1cncc(C(=O)Nc2ccc(F)c(F)c2F)c1. The number of para-hydroxylation sites is 1. The summed E-state index contributed by atoms with van der Waals surface area (Å²) >= 11 is 0. The molecule has 3 rings (SSSR count). The molecule has 148 valence electrons. The second-order valence-electron chi connectivity index (χ2n) is 6.36. The van der Waals surface area contributed by atoms with E-state index in [4.69, 9.17) is 0 Å². The zero-order chi connectivity index (χ0) is 21.1. The molecule has 0 aliphatic carbocycles. The Morgan fingerprint density at radius 1 is 0.828 bits per heavy atom. The summed E-state index contributed by atoms with van der Waals surface area (Å²) in [5.41, 5.74) is 1.91. The maximum atomic E-state index is 13.8. The molecule has 2 amide bonds. The normalized spacial score (nSPS) is 10.5. The number of carbonyl (C=O) groups excluding carboxylic acids is 2. The molecule has 0 saturated carbocycles. The minimum atomic E-state index is -1.69. The van der Waals surface area contributed by atoms with Crippen molar-refractivity contribution < 1.29 is 22.8 Å². The highest BCUT2D eigenvalue weighted by Gasteiger charge is 2.17. The van der Waals surface area contributed by atoms with E-state index in [9.17, 15) is 22.8 Å². The highest BCUT2D eigenvalue weighted by molar-refractivity contribution is 6.08. The number of anilines is 2. The number of hydrogen-bond acceptors (Lipinski definition) is 3. The molecule has 2 aromatic carbocycles. The van der Waals surface area contributed by atoms with Gasteiger partial charge < -0.3 is 10.6 Å². The fourth-order valence-electron chi connectivity index (χ4n) is 2.70. The van der Waals surface area contributed by atoms with Crippen LogP contribution in [0.5, 0.6) is 0 Å². The van der Waals surface area contributed by atoms with E-state index < -0.39 is 35.0 Å². The molecule has 0 atom stereocenters. The van der Waals surface area contributed by atoms with E-state index in [0.29, 0.717) is 11.8 Å². The van der Waals surface area contributed by atoms with E-state index in [1.54, 1.807) is 0 Å². The van der Waals surface area contributed by atoms with Gasteiger partial charge in [-0.05, 0) is 43.2 Å². The number of halogens is 3. The van der Waals surface area contributed by atoms with Crippen LogP contribution < -0.4 is 10.6 Å². The molecule has 0 unspecified atom stereocenters. The van der Waals surface area contributed by atoms with E-state index in [0.717, 1.165) is 17.2 Å². The van der Waals surface area contributed by atoms with Crippen molar-refractivity contribution in [3.8, 4) is 0 Å². The molecular formula is C21H16F3N3O2. The van der Waals surface area contributed by atoms with Crippen molar-refractivity contribution in [1.82, 2.24) is 4.98 Å². The van der Waals surface area contributed by atoms with Crippen molar-refractivity contribution in [2.45, 2.75) is 13.8 Å². The van der Waals surface area contributed by atoms with Crippen molar-refractivity contribution >= 4 is 23.2 Å². The van der Waals surface area contributed by atoms with Crippen LogP contribution >= 0.6 is 0 Å². The maximum absolute atomic E-state index is 13.8. The number of amides is 2. The number of pyridine rings is 1. The van der Waals surface area contributed by atoms with Crippen LogP contribution in [0.2, 0.25) is 0 Å². The number of nitrogens with one attached hydrogen (secondary N) is 2. The van der Waals surface area contributed by atoms with Crippen molar-refractivity contribution in [1.29, 1.82) is 0 Å². The average molecular weight is 399 g/mol. The molecule has 0 aliphatic rings. The van der Waals surface area contributed by atoms with E-state index in [1.165, 1.54) is 18.5 Å². The van der Waals surface area contributed by atoms with Crippen LogP contribution in [-0.4, -0.2) is 16.8 Å². The molecule has 29 heavy (non-hydrogen) atoms. The first kappa shape index (κ1) is 20.1. The van der Waals surface area contributed by atoms with Gasteiger partial charge in [0.05, 0.1) is 16.8 Å². The maximum Gasteiger partial charge on any atom is 0.257 e. The fourth-order valence-corrected chi connectivity index (χ4v) is 2.70. The molecular weight excluding hydrogens is 383 g/mol. The lowest BCUT2D eigenvalue weighted by atomic mass is 10.1. The Bertz CT molecular complexity index is 1100. The van der Waals surface area contributed by atoms with Gasteiger partial charge in [-0.15, -0.1) is 0 Å². The third-order valence-electron chi connectivity index (χ3n) is 4.27. The number of aromatic nitrogens is 1. The lowest BCUT2D eigenvalue weighted by Gasteiger charge is -2.12. The Kier molecular flexibility index (Phi) is 5.63. The van der Waals surface area contributed by atoms with E-state index >= 15 is 0 Å². The molecule has 0 bridgehead atoms. The lowest BCUT2D eigenvalue weighted by molar-refractivity contribution is 0.102. The third-order valence-corrected chi connectivity index (χ3v) is 4.27. The molecule has 0 saturated heterocycles. The van der Waals surface area contributed by atoms with Crippen molar-refractivity contribution in [2.75, 3.05) is 10.6 Å². The monoisotopic (exact) mass is 399 g/mol. The summed E-state index contributed by atoms with van der Waals surface area (Å²) in [7, 11) is 0. The molecule has 3 aromatic rings. The number of nitrogens with zero attached hydrogens (tertiary/aromatic N) is 1. The number of benzene rings is 2. The number of hydrogen-bond donors (Lipinski definition) is 2. The van der Waals surface area contributed by atoms with Gasteiger partial charge in [0.15, 0.2) is 17.5 Å². The van der Waals surface area contributed by atoms with Gasteiger partial charge in [-0.1, -0.05) is 18.2 Å². The zero-order valence-corrected chi connectivity index (χ0v) is 15.5. The predicted octanol–water partition coefficient (Wildman–Crippen LogP) is 4.62. The van der Waals surface area contributed by atoms with Gasteiger partial charge in [0.1, 0.15) is 0 Å². The summed E-state index contributed by atoms with van der Waals surface area (Å²) in [5.74, 6) is -5.89. The van der Waals surface area contributed by atoms with Crippen molar-refractivity contribution in [3.63, 3.8) is 0 Å². The lowest BCUT2D eigenvalue weighted by Crippen LogP contribution is -2.17. The van der Waals surface area contributed by atoms with Gasteiger partial charge >= 0.3 is 0 Å². The van der Waals surface area contributed by atoms with Gasteiger partial charge in [0.2, 0.25) is 0 Å². The molecule has 2 N–H and O–H groups in total. The van der Waals surface area contributed by atoms with Crippen LogP contribution in [0.3, 0.4) is 0 Å². The summed E-state index contributed by atoms with van der Waals surface area (Å²) in [4.78, 5) is 28.8. The molecule has 0 aliphatic heterocycles. The summed E-state index contributed by atoms with van der Waals surface area (Å²) in [6, 6.07) is 8.42. The van der Waals surface area contributed by atoms with E-state index in [2.05, 4.69) is 15.6 Å². The molecule has 8 heteroatoms. The van der Waals surface area contributed by atoms with Crippen LogP contribution in [0.25, 0.3) is 0 Å². The van der Waals surface area contributed by atoms with Crippen LogP contribution in [0.4, 0.5) is 24.5 Å². The van der Waals surface area contributed by atoms with Gasteiger partial charge in [-0.3, -0.25) is 14.6 Å². The Morgan fingerprint density at radius 2 is 1.41 bits per heavy atom. The summed E-state index contributed by atoms with van der Waals surface area (Å²) < 4.78 is 40.1. The summed E-state index contributed by atoms with van der Waals surface area (Å²) in [6.07, 6.45) is 2.45. The molecule has 5 nitrogen and oxygen atoms in total. The smallest absolute Gasteiger partial charge is 0.257 e. The fraction of sp³-hybridized carbons (Fsp3) is 0.0952. The quantitative estimate of drug-likeness (QED) is 0.629. The van der Waals surface area contributed by atoms with Gasteiger partial charge in [-0.2, -0.15) is 0 Å². The Morgan fingerprint density at radius 3 is 2.03 bits per heavy atom. The van der Waals surface area contributed by atoms with Crippen LogP contribution in [-0.2, 0) is 0 Å². The molecule has 0 fully saturated rings. The highest BCUT2D eigenvalue weighted by atomic mass is 19.2. The number of aryl methyl sites for hydroxylation is 2. The van der Waals surface area contributed by atoms with E-state index in [1.807, 2.05) is 32.0 Å². The van der Waals surface area contributed by atoms with Gasteiger partial charge in [0, 0.05) is 18.1 Å². The number of carbonyl (C=O) groups is 2. The first-order valence-electron chi connectivity index (χ1n) is 8.55. The van der Waals surface area contributed by atoms with Crippen LogP contribution in [0.1, 0.15) is 31.8 Å². The van der Waals surface area contributed by atoms with Crippen molar-refractivity contribution in [2.24, 2.45) is 0 Å². The molecule has 0 radical (unpaired) electrons. The summed E-state index contributed by atoms with van der Waals surface area (Å²) in [5, 5.41) is 4.91. The predicted molar refractivity (Wildman–Crippen MR) is 102 cm³/mol.